The molecule has 2 aromatic rings. The molecule has 6 nitrogen and oxygen atoms in total. The van der Waals surface area contributed by atoms with Gasteiger partial charge in [0.15, 0.2) is 0 Å². The highest BCUT2D eigenvalue weighted by molar-refractivity contribution is 7.91. The maximum absolute atomic E-state index is 12.6. The Balaban J connectivity index is 1.60. The zero-order chi connectivity index (χ0) is 19.6. The quantitative estimate of drug-likeness (QED) is 0.762. The topological polar surface area (TPSA) is 69.7 Å². The number of carbonyl (C=O) groups is 1. The van der Waals surface area contributed by atoms with Gasteiger partial charge in [-0.15, -0.1) is 11.3 Å². The summed E-state index contributed by atoms with van der Waals surface area (Å²) in [6.07, 6.45) is 0. The molecular weight excluding hydrogens is 429 g/mol. The summed E-state index contributed by atoms with van der Waals surface area (Å²) in [5, 5.41) is 5.42. The summed E-state index contributed by atoms with van der Waals surface area (Å²) in [6, 6.07) is 7.78. The number of amides is 1. The van der Waals surface area contributed by atoms with Crippen molar-refractivity contribution >= 4 is 56.2 Å². The van der Waals surface area contributed by atoms with Crippen molar-refractivity contribution in [3.63, 3.8) is 0 Å². The van der Waals surface area contributed by atoms with Crippen LogP contribution in [0.2, 0.25) is 10.0 Å². The molecule has 146 valence electrons. The number of thiophene rings is 1. The van der Waals surface area contributed by atoms with E-state index in [0.717, 1.165) is 0 Å². The second-order valence-electron chi connectivity index (χ2n) is 6.16. The SMILES string of the molecule is C[C@H](C(=O)Nc1cc(Cl)ccc1Cl)N1CCN(S(=O)(=O)c2cccs2)CC1. The number of hydrogen-bond acceptors (Lipinski definition) is 5. The maximum atomic E-state index is 12.6. The van der Waals surface area contributed by atoms with Gasteiger partial charge in [-0.25, -0.2) is 8.42 Å². The number of sulfonamides is 1. The van der Waals surface area contributed by atoms with Crippen molar-refractivity contribution in [1.29, 1.82) is 0 Å². The van der Waals surface area contributed by atoms with E-state index in [1.54, 1.807) is 42.6 Å². The fraction of sp³-hybridized carbons (Fsp3) is 0.353. The minimum Gasteiger partial charge on any atom is -0.323 e. The van der Waals surface area contributed by atoms with E-state index in [0.29, 0.717) is 46.1 Å². The second kappa shape index (κ2) is 8.46. The second-order valence-corrected chi connectivity index (χ2v) is 10.1. The number of halogens is 2. The molecule has 1 saturated heterocycles. The third-order valence-corrected chi connectivity index (χ3v) is 8.31. The van der Waals surface area contributed by atoms with Crippen LogP contribution < -0.4 is 5.32 Å². The molecule has 0 aliphatic carbocycles. The molecule has 0 unspecified atom stereocenters. The summed E-state index contributed by atoms with van der Waals surface area (Å²) in [4.78, 5) is 14.5. The minimum absolute atomic E-state index is 0.214. The first-order valence-electron chi connectivity index (χ1n) is 8.32. The summed E-state index contributed by atoms with van der Waals surface area (Å²) >= 11 is 13.2. The van der Waals surface area contributed by atoms with Crippen LogP contribution in [0.1, 0.15) is 6.92 Å². The van der Waals surface area contributed by atoms with E-state index in [1.807, 2.05) is 4.90 Å². The number of hydrogen-bond donors (Lipinski definition) is 1. The first-order chi connectivity index (χ1) is 12.8. The Bertz CT molecular complexity index is 912. The van der Waals surface area contributed by atoms with E-state index >= 15 is 0 Å². The van der Waals surface area contributed by atoms with Crippen molar-refractivity contribution in [3.05, 3.63) is 45.8 Å². The predicted octanol–water partition coefficient (Wildman–Crippen LogP) is 3.39. The van der Waals surface area contributed by atoms with Crippen LogP contribution in [0.5, 0.6) is 0 Å². The van der Waals surface area contributed by atoms with Crippen molar-refractivity contribution in [2.45, 2.75) is 17.2 Å². The van der Waals surface area contributed by atoms with Gasteiger partial charge in [0.05, 0.1) is 16.8 Å². The average Bonchev–Trinajstić information content (AvgIpc) is 3.20. The summed E-state index contributed by atoms with van der Waals surface area (Å²) in [7, 11) is -3.45. The summed E-state index contributed by atoms with van der Waals surface area (Å²) in [6.45, 7) is 3.42. The van der Waals surface area contributed by atoms with Crippen molar-refractivity contribution in [2.75, 3.05) is 31.5 Å². The van der Waals surface area contributed by atoms with E-state index in [1.165, 1.54) is 15.6 Å². The van der Waals surface area contributed by atoms with Gasteiger partial charge in [-0.2, -0.15) is 4.31 Å². The molecule has 1 fully saturated rings. The molecule has 1 aliphatic rings. The number of benzene rings is 1. The highest BCUT2D eigenvalue weighted by atomic mass is 35.5. The lowest BCUT2D eigenvalue weighted by atomic mass is 10.2. The molecule has 1 N–H and O–H groups in total. The van der Waals surface area contributed by atoms with Crippen molar-refractivity contribution in [3.8, 4) is 0 Å². The van der Waals surface area contributed by atoms with Crippen molar-refractivity contribution in [1.82, 2.24) is 9.21 Å². The van der Waals surface area contributed by atoms with E-state index in [-0.39, 0.29) is 5.91 Å². The lowest BCUT2D eigenvalue weighted by molar-refractivity contribution is -0.121. The maximum Gasteiger partial charge on any atom is 0.252 e. The highest BCUT2D eigenvalue weighted by Gasteiger charge is 2.32. The molecule has 1 atom stereocenters. The van der Waals surface area contributed by atoms with E-state index < -0.39 is 16.1 Å². The molecule has 0 bridgehead atoms. The van der Waals surface area contributed by atoms with Gasteiger partial charge in [-0.3, -0.25) is 9.69 Å². The Kier molecular flexibility index (Phi) is 6.45. The normalized spacial score (nSPS) is 17.6. The fourth-order valence-corrected chi connectivity index (χ4v) is 5.77. The largest absolute Gasteiger partial charge is 0.323 e. The Morgan fingerprint density at radius 2 is 1.89 bits per heavy atom. The smallest absolute Gasteiger partial charge is 0.252 e. The van der Waals surface area contributed by atoms with Crippen LogP contribution in [0.4, 0.5) is 5.69 Å². The minimum atomic E-state index is -3.45. The fourth-order valence-electron chi connectivity index (χ4n) is 2.87. The van der Waals surface area contributed by atoms with Crippen molar-refractivity contribution < 1.29 is 13.2 Å². The molecule has 0 radical (unpaired) electrons. The Labute approximate surface area is 172 Å². The monoisotopic (exact) mass is 447 g/mol. The first kappa shape index (κ1) is 20.6. The van der Waals surface area contributed by atoms with Gasteiger partial charge in [0, 0.05) is 31.2 Å². The third-order valence-electron chi connectivity index (χ3n) is 4.48. The van der Waals surface area contributed by atoms with E-state index in [2.05, 4.69) is 5.32 Å². The van der Waals surface area contributed by atoms with Gasteiger partial charge in [-0.1, -0.05) is 29.3 Å². The zero-order valence-electron chi connectivity index (χ0n) is 14.6. The molecule has 0 spiro atoms. The molecule has 0 saturated carbocycles. The lowest BCUT2D eigenvalue weighted by Gasteiger charge is -2.36. The molecular formula is C17H19Cl2N3O3S2. The molecule has 27 heavy (non-hydrogen) atoms. The van der Waals surface area contributed by atoms with Gasteiger partial charge in [0.1, 0.15) is 4.21 Å². The number of anilines is 1. The standard InChI is InChI=1S/C17H19Cl2N3O3S2/c1-12(17(23)20-15-11-13(18)4-5-14(15)19)21-6-8-22(9-7-21)27(24,25)16-3-2-10-26-16/h2-5,10-12H,6-9H2,1H3,(H,20,23)/t12-/m1/s1. The van der Waals surface area contributed by atoms with Gasteiger partial charge in [0.2, 0.25) is 5.91 Å². The van der Waals surface area contributed by atoms with Gasteiger partial charge >= 0.3 is 0 Å². The first-order valence-corrected chi connectivity index (χ1v) is 11.4. The van der Waals surface area contributed by atoms with Crippen LogP contribution in [0.25, 0.3) is 0 Å². The molecule has 3 rings (SSSR count). The lowest BCUT2D eigenvalue weighted by Crippen LogP contribution is -2.53. The van der Waals surface area contributed by atoms with Gasteiger partial charge in [-0.05, 0) is 36.6 Å². The number of piperazine rings is 1. The van der Waals surface area contributed by atoms with Gasteiger partial charge in [0.25, 0.3) is 10.0 Å². The molecule has 1 aromatic carbocycles. The van der Waals surface area contributed by atoms with E-state index in [9.17, 15) is 13.2 Å². The summed E-state index contributed by atoms with van der Waals surface area (Å²) < 4.78 is 27.0. The average molecular weight is 448 g/mol. The number of rotatable bonds is 5. The number of nitrogens with one attached hydrogen (secondary N) is 1. The summed E-state index contributed by atoms with van der Waals surface area (Å²) in [5.41, 5.74) is 0.458. The van der Waals surface area contributed by atoms with Crippen LogP contribution in [-0.4, -0.2) is 55.8 Å². The van der Waals surface area contributed by atoms with Crippen LogP contribution >= 0.6 is 34.5 Å². The highest BCUT2D eigenvalue weighted by Crippen LogP contribution is 2.26. The molecule has 10 heteroatoms. The van der Waals surface area contributed by atoms with Crippen molar-refractivity contribution in [2.24, 2.45) is 0 Å². The zero-order valence-corrected chi connectivity index (χ0v) is 17.7. The van der Waals surface area contributed by atoms with Crippen LogP contribution in [0.3, 0.4) is 0 Å². The van der Waals surface area contributed by atoms with E-state index in [4.69, 9.17) is 23.2 Å². The number of carbonyl (C=O) groups excluding carboxylic acids is 1. The van der Waals surface area contributed by atoms with Gasteiger partial charge < -0.3 is 5.32 Å². The molecule has 1 aliphatic heterocycles. The molecule has 1 amide bonds. The number of nitrogens with zero attached hydrogens (tertiary/aromatic N) is 2. The Morgan fingerprint density at radius 1 is 1.19 bits per heavy atom. The van der Waals surface area contributed by atoms with Crippen LogP contribution in [-0.2, 0) is 14.8 Å². The Morgan fingerprint density at radius 3 is 2.52 bits per heavy atom. The third kappa shape index (κ3) is 4.64. The van der Waals surface area contributed by atoms with Crippen LogP contribution in [0.15, 0.2) is 39.9 Å². The van der Waals surface area contributed by atoms with Crippen LogP contribution in [0, 0.1) is 0 Å². The Hall–Kier alpha value is -1.16. The molecule has 2 heterocycles. The summed E-state index contributed by atoms with van der Waals surface area (Å²) in [5.74, 6) is -0.214. The molecule has 1 aromatic heterocycles. The predicted molar refractivity (Wildman–Crippen MR) is 109 cm³/mol.